The van der Waals surface area contributed by atoms with Crippen LogP contribution >= 0.6 is 11.6 Å². The molecule has 1 aromatic heterocycles. The molecule has 1 heterocycles. The number of hydrogen-bond donors (Lipinski definition) is 1. The molecule has 5 heteroatoms. The molecule has 2 rings (SSSR count). The van der Waals surface area contributed by atoms with Crippen LogP contribution in [-0.2, 0) is 6.54 Å². The number of rotatable bonds is 5. The fraction of sp³-hybridized carbons (Fsp3) is 0.250. The molecule has 1 unspecified atom stereocenters. The minimum absolute atomic E-state index is 0.0614. The van der Waals surface area contributed by atoms with E-state index < -0.39 is 5.97 Å². The molecule has 0 saturated carbocycles. The molecule has 0 fully saturated rings. The van der Waals surface area contributed by atoms with Crippen LogP contribution in [0.15, 0.2) is 42.6 Å². The molecule has 0 radical (unpaired) electrons. The maximum absolute atomic E-state index is 10.9. The molecule has 1 N–H and O–H groups in total. The molecule has 0 aliphatic carbocycles. The molecule has 0 amide bonds. The van der Waals surface area contributed by atoms with E-state index in [1.54, 1.807) is 6.07 Å². The molecule has 0 saturated heterocycles. The summed E-state index contributed by atoms with van der Waals surface area (Å²) in [5.74, 6) is -1.02. The molecule has 2 aromatic rings. The summed E-state index contributed by atoms with van der Waals surface area (Å²) in [5, 5.41) is 9.71. The quantitative estimate of drug-likeness (QED) is 0.916. The summed E-state index contributed by atoms with van der Waals surface area (Å²) in [4.78, 5) is 16.9. The summed E-state index contributed by atoms with van der Waals surface area (Å²) < 4.78 is 0. The lowest BCUT2D eigenvalue weighted by molar-refractivity contribution is 0.0690. The van der Waals surface area contributed by atoms with Gasteiger partial charge in [-0.3, -0.25) is 4.90 Å². The van der Waals surface area contributed by atoms with Gasteiger partial charge in [0, 0.05) is 23.8 Å². The summed E-state index contributed by atoms with van der Waals surface area (Å²) >= 11 is 6.22. The number of aromatic nitrogens is 1. The molecule has 110 valence electrons. The Labute approximate surface area is 129 Å². The zero-order chi connectivity index (χ0) is 15.4. The lowest BCUT2D eigenvalue weighted by atomic mass is 10.1. The van der Waals surface area contributed by atoms with E-state index in [9.17, 15) is 4.79 Å². The van der Waals surface area contributed by atoms with E-state index in [-0.39, 0.29) is 11.7 Å². The van der Waals surface area contributed by atoms with Gasteiger partial charge in [0.2, 0.25) is 0 Å². The largest absolute Gasteiger partial charge is 0.477 e. The SMILES string of the molecule is CC(c1ccccc1Cl)N(C)Cc1ccnc(C(=O)O)c1. The van der Waals surface area contributed by atoms with Crippen LogP contribution in [0.5, 0.6) is 0 Å². The van der Waals surface area contributed by atoms with Gasteiger partial charge in [0.1, 0.15) is 5.69 Å². The first-order valence-corrected chi connectivity index (χ1v) is 6.99. The van der Waals surface area contributed by atoms with Crippen molar-refractivity contribution < 1.29 is 9.90 Å². The highest BCUT2D eigenvalue weighted by atomic mass is 35.5. The number of pyridine rings is 1. The maximum Gasteiger partial charge on any atom is 0.354 e. The van der Waals surface area contributed by atoms with Crippen molar-refractivity contribution in [1.82, 2.24) is 9.88 Å². The van der Waals surface area contributed by atoms with Gasteiger partial charge in [-0.25, -0.2) is 9.78 Å². The Morgan fingerprint density at radius 2 is 2.10 bits per heavy atom. The summed E-state index contributed by atoms with van der Waals surface area (Å²) in [7, 11) is 1.98. The van der Waals surface area contributed by atoms with Gasteiger partial charge in [-0.1, -0.05) is 29.8 Å². The van der Waals surface area contributed by atoms with Gasteiger partial charge in [0.15, 0.2) is 0 Å². The molecule has 0 spiro atoms. The third kappa shape index (κ3) is 3.80. The van der Waals surface area contributed by atoms with E-state index >= 15 is 0 Å². The highest BCUT2D eigenvalue weighted by molar-refractivity contribution is 6.31. The first kappa shape index (κ1) is 15.5. The standard InChI is InChI=1S/C16H17ClN2O2/c1-11(13-5-3-4-6-14(13)17)19(2)10-12-7-8-18-15(9-12)16(20)21/h3-9,11H,10H2,1-2H3,(H,20,21). The normalized spacial score (nSPS) is 12.4. The smallest absolute Gasteiger partial charge is 0.354 e. The zero-order valence-electron chi connectivity index (χ0n) is 12.0. The second-order valence-electron chi connectivity index (χ2n) is 4.97. The lowest BCUT2D eigenvalue weighted by Crippen LogP contribution is -2.22. The molecule has 21 heavy (non-hydrogen) atoms. The molecule has 1 atom stereocenters. The van der Waals surface area contributed by atoms with Crippen molar-refractivity contribution in [2.45, 2.75) is 19.5 Å². The third-order valence-corrected chi connectivity index (χ3v) is 3.84. The monoisotopic (exact) mass is 304 g/mol. The number of carboxylic acids is 1. The van der Waals surface area contributed by atoms with Crippen LogP contribution in [0.4, 0.5) is 0 Å². The highest BCUT2D eigenvalue weighted by Crippen LogP contribution is 2.27. The van der Waals surface area contributed by atoms with Crippen molar-refractivity contribution in [2.24, 2.45) is 0 Å². The Morgan fingerprint density at radius 3 is 2.76 bits per heavy atom. The van der Waals surface area contributed by atoms with Gasteiger partial charge >= 0.3 is 5.97 Å². The highest BCUT2D eigenvalue weighted by Gasteiger charge is 2.15. The maximum atomic E-state index is 10.9. The Kier molecular flexibility index (Phi) is 4.94. The predicted molar refractivity (Wildman–Crippen MR) is 82.5 cm³/mol. The van der Waals surface area contributed by atoms with E-state index in [0.29, 0.717) is 6.54 Å². The average molecular weight is 305 g/mol. The fourth-order valence-corrected chi connectivity index (χ4v) is 2.46. The van der Waals surface area contributed by atoms with Gasteiger partial charge < -0.3 is 5.11 Å². The Hall–Kier alpha value is -1.91. The van der Waals surface area contributed by atoms with Gasteiger partial charge in [-0.05, 0) is 43.3 Å². The van der Waals surface area contributed by atoms with Crippen LogP contribution in [0.3, 0.4) is 0 Å². The molecular formula is C16H17ClN2O2. The average Bonchev–Trinajstić information content (AvgIpc) is 2.47. The number of halogens is 1. The van der Waals surface area contributed by atoms with Gasteiger partial charge in [0.05, 0.1) is 0 Å². The fourth-order valence-electron chi connectivity index (χ4n) is 2.17. The summed E-state index contributed by atoms with van der Waals surface area (Å²) in [5.41, 5.74) is 2.02. The minimum atomic E-state index is -1.02. The van der Waals surface area contributed by atoms with E-state index in [1.807, 2.05) is 37.4 Å². The summed E-state index contributed by atoms with van der Waals surface area (Å²) in [6.45, 7) is 2.69. The Balaban J connectivity index is 2.14. The van der Waals surface area contributed by atoms with E-state index in [4.69, 9.17) is 16.7 Å². The van der Waals surface area contributed by atoms with Crippen LogP contribution in [0.2, 0.25) is 5.02 Å². The molecule has 0 bridgehead atoms. The second kappa shape index (κ2) is 6.70. The van der Waals surface area contributed by atoms with E-state index in [0.717, 1.165) is 16.1 Å². The van der Waals surface area contributed by atoms with Crippen LogP contribution in [-0.4, -0.2) is 28.0 Å². The Morgan fingerprint density at radius 1 is 1.38 bits per heavy atom. The molecule has 1 aromatic carbocycles. The number of benzene rings is 1. The molecular weight excluding hydrogens is 288 g/mol. The Bertz CT molecular complexity index is 646. The first-order chi connectivity index (χ1) is 9.99. The second-order valence-corrected chi connectivity index (χ2v) is 5.37. The zero-order valence-corrected chi connectivity index (χ0v) is 12.7. The van der Waals surface area contributed by atoms with Crippen molar-refractivity contribution >= 4 is 17.6 Å². The van der Waals surface area contributed by atoms with Crippen molar-refractivity contribution in [1.29, 1.82) is 0 Å². The number of aromatic carboxylic acids is 1. The summed E-state index contributed by atoms with van der Waals surface area (Å²) in [6, 6.07) is 11.3. The number of carbonyl (C=O) groups is 1. The number of carboxylic acid groups (broad SMARTS) is 1. The van der Waals surface area contributed by atoms with E-state index in [2.05, 4.69) is 16.8 Å². The topological polar surface area (TPSA) is 53.4 Å². The van der Waals surface area contributed by atoms with Crippen molar-refractivity contribution in [3.05, 3.63) is 64.4 Å². The predicted octanol–water partition coefficient (Wildman–Crippen LogP) is 3.63. The van der Waals surface area contributed by atoms with Crippen molar-refractivity contribution in [3.63, 3.8) is 0 Å². The first-order valence-electron chi connectivity index (χ1n) is 6.62. The van der Waals surface area contributed by atoms with Crippen LogP contribution < -0.4 is 0 Å². The van der Waals surface area contributed by atoms with Crippen LogP contribution in [0.25, 0.3) is 0 Å². The lowest BCUT2D eigenvalue weighted by Gasteiger charge is -2.26. The molecule has 0 aliphatic heterocycles. The van der Waals surface area contributed by atoms with Gasteiger partial charge in [-0.15, -0.1) is 0 Å². The summed E-state index contributed by atoms with van der Waals surface area (Å²) in [6.07, 6.45) is 1.52. The molecule has 0 aliphatic rings. The van der Waals surface area contributed by atoms with Gasteiger partial charge in [-0.2, -0.15) is 0 Å². The minimum Gasteiger partial charge on any atom is -0.477 e. The van der Waals surface area contributed by atoms with E-state index in [1.165, 1.54) is 6.20 Å². The van der Waals surface area contributed by atoms with Gasteiger partial charge in [0.25, 0.3) is 0 Å². The van der Waals surface area contributed by atoms with Crippen molar-refractivity contribution in [2.75, 3.05) is 7.05 Å². The van der Waals surface area contributed by atoms with Crippen LogP contribution in [0.1, 0.15) is 34.6 Å². The molecule has 4 nitrogen and oxygen atoms in total. The number of nitrogens with zero attached hydrogens (tertiary/aromatic N) is 2. The third-order valence-electron chi connectivity index (χ3n) is 3.49. The van der Waals surface area contributed by atoms with Crippen LogP contribution in [0, 0.1) is 0 Å². The van der Waals surface area contributed by atoms with Crippen molar-refractivity contribution in [3.8, 4) is 0 Å². The number of hydrogen-bond acceptors (Lipinski definition) is 3.